The fourth-order valence-electron chi connectivity index (χ4n) is 4.30. The minimum Gasteiger partial charge on any atom is -0.507 e. The fraction of sp³-hybridized carbons (Fsp3) is 0.267. The number of rotatable bonds is 8. The third-order valence-corrected chi connectivity index (χ3v) is 5.84. The van der Waals surface area contributed by atoms with Gasteiger partial charge >= 0.3 is 0 Å². The van der Waals surface area contributed by atoms with E-state index >= 15 is 0 Å². The second kappa shape index (κ2) is 10.8. The molecule has 37 heavy (non-hydrogen) atoms. The van der Waals surface area contributed by atoms with Crippen LogP contribution in [0, 0.1) is 0 Å². The molecular formula is C30H31NO6. The summed E-state index contributed by atoms with van der Waals surface area (Å²) in [5.41, 5.74) is 1.55. The lowest BCUT2D eigenvalue weighted by atomic mass is 9.95. The van der Waals surface area contributed by atoms with E-state index in [1.165, 1.54) is 4.90 Å². The Morgan fingerprint density at radius 2 is 1.41 bits per heavy atom. The number of carbonyl (C=O) groups excluding carboxylic acids is 2. The number of Topliss-reactive ketones (excluding diaryl/α,β-unsaturated/α-hetero) is 1. The van der Waals surface area contributed by atoms with E-state index < -0.39 is 17.7 Å². The average Bonchev–Trinajstić information content (AvgIpc) is 3.13. The van der Waals surface area contributed by atoms with E-state index in [2.05, 4.69) is 0 Å². The number of hydrogen-bond acceptors (Lipinski definition) is 6. The summed E-state index contributed by atoms with van der Waals surface area (Å²) in [6.07, 6.45) is -0.0688. The third-order valence-electron chi connectivity index (χ3n) is 5.84. The molecule has 0 aromatic heterocycles. The summed E-state index contributed by atoms with van der Waals surface area (Å²) < 4.78 is 16.8. The molecule has 0 spiro atoms. The summed E-state index contributed by atoms with van der Waals surface area (Å²) in [5.74, 6) is 0.0729. The van der Waals surface area contributed by atoms with Crippen LogP contribution >= 0.6 is 0 Å². The predicted molar refractivity (Wildman–Crippen MR) is 142 cm³/mol. The van der Waals surface area contributed by atoms with Gasteiger partial charge in [-0.3, -0.25) is 14.5 Å². The number of carbonyl (C=O) groups is 2. The number of nitrogens with zero attached hydrogens (tertiary/aromatic N) is 1. The largest absolute Gasteiger partial charge is 0.507 e. The molecule has 1 aliphatic rings. The monoisotopic (exact) mass is 501 g/mol. The Labute approximate surface area is 216 Å². The Balaban J connectivity index is 1.86. The normalized spacial score (nSPS) is 16.9. The molecule has 1 saturated heterocycles. The summed E-state index contributed by atoms with van der Waals surface area (Å²) in [6.45, 7) is 7.67. The Bertz CT molecular complexity index is 1310. The van der Waals surface area contributed by atoms with Crippen LogP contribution in [0.5, 0.6) is 17.2 Å². The zero-order valence-electron chi connectivity index (χ0n) is 21.6. The van der Waals surface area contributed by atoms with Gasteiger partial charge in [0.1, 0.15) is 23.0 Å². The van der Waals surface area contributed by atoms with Crippen molar-refractivity contribution in [3.8, 4) is 17.2 Å². The number of methoxy groups -OCH3 is 1. The molecule has 0 aliphatic carbocycles. The topological polar surface area (TPSA) is 85.3 Å². The molecule has 7 nitrogen and oxygen atoms in total. The number of ketones is 1. The lowest BCUT2D eigenvalue weighted by Crippen LogP contribution is -2.29. The number of anilines is 1. The van der Waals surface area contributed by atoms with Crippen molar-refractivity contribution in [1.82, 2.24) is 0 Å². The lowest BCUT2D eigenvalue weighted by Gasteiger charge is -2.26. The molecule has 1 aliphatic heterocycles. The molecule has 1 atom stereocenters. The molecular weight excluding hydrogens is 470 g/mol. The van der Waals surface area contributed by atoms with Crippen molar-refractivity contribution in [2.75, 3.05) is 12.0 Å². The van der Waals surface area contributed by atoms with E-state index in [4.69, 9.17) is 14.2 Å². The van der Waals surface area contributed by atoms with Gasteiger partial charge in [-0.25, -0.2) is 0 Å². The van der Waals surface area contributed by atoms with Gasteiger partial charge in [-0.15, -0.1) is 0 Å². The van der Waals surface area contributed by atoms with Crippen LogP contribution in [0.3, 0.4) is 0 Å². The van der Waals surface area contributed by atoms with Crippen LogP contribution in [0.1, 0.15) is 44.9 Å². The van der Waals surface area contributed by atoms with Crippen molar-refractivity contribution in [3.63, 3.8) is 0 Å². The van der Waals surface area contributed by atoms with Gasteiger partial charge < -0.3 is 19.3 Å². The van der Waals surface area contributed by atoms with E-state index in [1.807, 2.05) is 27.7 Å². The maximum absolute atomic E-state index is 13.4. The highest BCUT2D eigenvalue weighted by Crippen LogP contribution is 2.43. The molecule has 0 radical (unpaired) electrons. The van der Waals surface area contributed by atoms with Gasteiger partial charge in [0.05, 0.1) is 30.9 Å². The summed E-state index contributed by atoms with van der Waals surface area (Å²) >= 11 is 0. The van der Waals surface area contributed by atoms with Gasteiger partial charge in [-0.05, 0) is 81.8 Å². The van der Waals surface area contributed by atoms with Crippen LogP contribution in [0.2, 0.25) is 0 Å². The van der Waals surface area contributed by atoms with Crippen LogP contribution in [0.15, 0.2) is 78.4 Å². The third kappa shape index (κ3) is 5.45. The van der Waals surface area contributed by atoms with Gasteiger partial charge in [0.15, 0.2) is 0 Å². The summed E-state index contributed by atoms with van der Waals surface area (Å²) in [4.78, 5) is 28.2. The molecule has 1 N–H and O–H groups in total. The van der Waals surface area contributed by atoms with Crippen molar-refractivity contribution in [3.05, 3.63) is 89.5 Å². The average molecular weight is 502 g/mol. The zero-order chi connectivity index (χ0) is 26.7. The van der Waals surface area contributed by atoms with Gasteiger partial charge in [-0.2, -0.15) is 0 Å². The Morgan fingerprint density at radius 1 is 0.811 bits per heavy atom. The number of aliphatic hydroxyl groups is 1. The van der Waals surface area contributed by atoms with Gasteiger partial charge in [0.25, 0.3) is 11.7 Å². The van der Waals surface area contributed by atoms with Gasteiger partial charge in [0.2, 0.25) is 0 Å². The second-order valence-corrected chi connectivity index (χ2v) is 9.30. The SMILES string of the molecule is COc1ccc(N2C(=O)C(=O)/C(=C(\O)c3cccc(OC(C)C)c3)C2c2ccc(OC(C)C)cc2)cc1. The van der Waals surface area contributed by atoms with Crippen molar-refractivity contribution in [1.29, 1.82) is 0 Å². The molecule has 4 rings (SSSR count). The molecule has 0 saturated carbocycles. The van der Waals surface area contributed by atoms with E-state index in [0.717, 1.165) is 0 Å². The first-order valence-electron chi connectivity index (χ1n) is 12.2. The fourth-order valence-corrected chi connectivity index (χ4v) is 4.30. The number of ether oxygens (including phenoxy) is 3. The summed E-state index contributed by atoms with van der Waals surface area (Å²) in [6, 6.07) is 20.1. The highest BCUT2D eigenvalue weighted by molar-refractivity contribution is 6.51. The standard InChI is InChI=1S/C30H31NO6/c1-18(2)36-24-13-9-20(10-14-24)27-26(28(32)21-7-6-8-25(17-21)37-19(3)4)29(33)30(34)31(27)22-11-15-23(35-5)16-12-22/h6-19,27,32H,1-5H3/b28-26-. The Hall–Kier alpha value is -4.26. The number of amides is 1. The first-order chi connectivity index (χ1) is 17.7. The smallest absolute Gasteiger partial charge is 0.300 e. The maximum atomic E-state index is 13.4. The zero-order valence-corrected chi connectivity index (χ0v) is 21.6. The number of benzene rings is 3. The minimum absolute atomic E-state index is 0.0000398. The molecule has 192 valence electrons. The van der Waals surface area contributed by atoms with Crippen molar-refractivity contribution in [2.24, 2.45) is 0 Å². The van der Waals surface area contributed by atoms with Crippen LogP contribution in [-0.2, 0) is 9.59 Å². The Kier molecular flexibility index (Phi) is 7.53. The molecule has 1 amide bonds. The molecule has 7 heteroatoms. The predicted octanol–water partition coefficient (Wildman–Crippen LogP) is 5.90. The van der Waals surface area contributed by atoms with Crippen LogP contribution in [0.25, 0.3) is 5.76 Å². The van der Waals surface area contributed by atoms with E-state index in [9.17, 15) is 14.7 Å². The van der Waals surface area contributed by atoms with Crippen LogP contribution in [0.4, 0.5) is 5.69 Å². The Morgan fingerprint density at radius 3 is 2.00 bits per heavy atom. The molecule has 1 heterocycles. The van der Waals surface area contributed by atoms with Crippen molar-refractivity contribution in [2.45, 2.75) is 45.9 Å². The second-order valence-electron chi connectivity index (χ2n) is 9.30. The first-order valence-corrected chi connectivity index (χ1v) is 12.2. The number of hydrogen-bond donors (Lipinski definition) is 1. The van der Waals surface area contributed by atoms with E-state index in [0.29, 0.717) is 34.1 Å². The molecule has 3 aromatic carbocycles. The lowest BCUT2D eigenvalue weighted by molar-refractivity contribution is -0.132. The molecule has 3 aromatic rings. The van der Waals surface area contributed by atoms with Gasteiger partial charge in [0, 0.05) is 11.3 Å². The molecule has 1 fully saturated rings. The van der Waals surface area contributed by atoms with Crippen LogP contribution in [-0.4, -0.2) is 36.1 Å². The summed E-state index contributed by atoms with van der Waals surface area (Å²) in [5, 5.41) is 11.4. The maximum Gasteiger partial charge on any atom is 0.300 e. The van der Waals surface area contributed by atoms with Gasteiger partial charge in [-0.1, -0.05) is 24.3 Å². The number of aliphatic hydroxyl groups excluding tert-OH is 1. The first kappa shape index (κ1) is 25.8. The summed E-state index contributed by atoms with van der Waals surface area (Å²) in [7, 11) is 1.55. The van der Waals surface area contributed by atoms with Crippen molar-refractivity contribution >= 4 is 23.1 Å². The minimum atomic E-state index is -0.851. The van der Waals surface area contributed by atoms with E-state index in [-0.39, 0.29) is 23.5 Å². The highest BCUT2D eigenvalue weighted by Gasteiger charge is 2.47. The van der Waals surface area contributed by atoms with Crippen LogP contribution < -0.4 is 19.1 Å². The highest BCUT2D eigenvalue weighted by atomic mass is 16.5. The van der Waals surface area contributed by atoms with Crippen molar-refractivity contribution < 1.29 is 28.9 Å². The van der Waals surface area contributed by atoms with E-state index in [1.54, 1.807) is 79.9 Å². The molecule has 1 unspecified atom stereocenters. The quantitative estimate of drug-likeness (QED) is 0.235. The molecule has 0 bridgehead atoms.